The average Bonchev–Trinajstić information content (AvgIpc) is 3.28. The van der Waals surface area contributed by atoms with Crippen molar-refractivity contribution in [2.75, 3.05) is 6.54 Å². The number of fused-ring (bicyclic) bond motifs is 1. The van der Waals surface area contributed by atoms with Gasteiger partial charge >= 0.3 is 6.18 Å². The first-order chi connectivity index (χ1) is 16.3. The van der Waals surface area contributed by atoms with E-state index in [0.717, 1.165) is 17.3 Å². The molecule has 7 nitrogen and oxygen atoms in total. The highest BCUT2D eigenvalue weighted by atomic mass is 35.5. The van der Waals surface area contributed by atoms with Crippen LogP contribution in [0, 0.1) is 0 Å². The number of alkyl halides is 3. The lowest BCUT2D eigenvalue weighted by Crippen LogP contribution is -2.31. The molecule has 0 amide bonds. The normalized spacial score (nSPS) is 15.7. The highest BCUT2D eigenvalue weighted by Crippen LogP contribution is 2.37. The third-order valence-corrected chi connectivity index (χ3v) is 5.98. The highest BCUT2D eigenvalue weighted by Gasteiger charge is 2.35. The van der Waals surface area contributed by atoms with E-state index in [0.29, 0.717) is 24.5 Å². The summed E-state index contributed by atoms with van der Waals surface area (Å²) in [5.41, 5.74) is 1.23. The molecule has 11 heteroatoms. The number of hydrogen-bond acceptors (Lipinski definition) is 6. The summed E-state index contributed by atoms with van der Waals surface area (Å²) in [4.78, 5) is 21.4. The quantitative estimate of drug-likeness (QED) is 0.437. The number of nitrogens with one attached hydrogen (secondary N) is 1. The van der Waals surface area contributed by atoms with Crippen LogP contribution in [0.15, 0.2) is 61.1 Å². The lowest BCUT2D eigenvalue weighted by molar-refractivity contribution is -0.137. The molecule has 1 aliphatic heterocycles. The maximum absolute atomic E-state index is 13.2. The number of ketones is 1. The second-order valence-electron chi connectivity index (χ2n) is 7.65. The molecule has 0 radical (unpaired) electrons. The minimum atomic E-state index is -4.66. The van der Waals surface area contributed by atoms with Gasteiger partial charge in [-0.05, 0) is 23.8 Å². The Bertz CT molecular complexity index is 1370. The standard InChI is InChI=1S/C23H16ClF3N6O/c24-19-15(5-2-6-16(19)23(25,26)27)22(34)14-4-1-3-13(11-14)20-21-17(7-8-30-20)33(32-31-21)18-12-28-9-10-29-18/h1-6,9-12,20,30H,7-8H2. The number of hydrogen-bond donors (Lipinski definition) is 1. The maximum Gasteiger partial charge on any atom is 0.417 e. The Morgan fingerprint density at radius 2 is 1.97 bits per heavy atom. The van der Waals surface area contributed by atoms with E-state index in [1.165, 1.54) is 12.1 Å². The minimum Gasteiger partial charge on any atom is -0.304 e. The van der Waals surface area contributed by atoms with Gasteiger partial charge in [0.15, 0.2) is 11.6 Å². The molecule has 0 fully saturated rings. The van der Waals surface area contributed by atoms with Crippen molar-refractivity contribution in [2.24, 2.45) is 0 Å². The van der Waals surface area contributed by atoms with Gasteiger partial charge in [0.05, 0.1) is 28.5 Å². The van der Waals surface area contributed by atoms with Gasteiger partial charge < -0.3 is 5.32 Å². The molecule has 0 spiro atoms. The van der Waals surface area contributed by atoms with E-state index in [-0.39, 0.29) is 17.2 Å². The maximum atomic E-state index is 13.2. The van der Waals surface area contributed by atoms with Crippen molar-refractivity contribution < 1.29 is 18.0 Å². The fourth-order valence-corrected chi connectivity index (χ4v) is 4.32. The van der Waals surface area contributed by atoms with Gasteiger partial charge in [-0.2, -0.15) is 17.9 Å². The highest BCUT2D eigenvalue weighted by molar-refractivity contribution is 6.35. The first-order valence-electron chi connectivity index (χ1n) is 10.3. The molecule has 2 aromatic carbocycles. The molecule has 3 heterocycles. The monoisotopic (exact) mass is 484 g/mol. The molecule has 1 aliphatic rings. The summed E-state index contributed by atoms with van der Waals surface area (Å²) in [7, 11) is 0. The molecule has 0 saturated heterocycles. The van der Waals surface area contributed by atoms with Crippen molar-refractivity contribution in [1.29, 1.82) is 0 Å². The topological polar surface area (TPSA) is 85.6 Å². The number of carbonyl (C=O) groups is 1. The van der Waals surface area contributed by atoms with Crippen LogP contribution in [-0.4, -0.2) is 37.3 Å². The van der Waals surface area contributed by atoms with E-state index >= 15 is 0 Å². The smallest absolute Gasteiger partial charge is 0.304 e. The van der Waals surface area contributed by atoms with E-state index < -0.39 is 22.5 Å². The van der Waals surface area contributed by atoms with Gasteiger partial charge in [0.1, 0.15) is 5.69 Å². The van der Waals surface area contributed by atoms with Crippen molar-refractivity contribution in [3.63, 3.8) is 0 Å². The SMILES string of the molecule is O=C(c1cccc(C2NCCc3c2nnn3-c2cnccn2)c1)c1cccc(C(F)(F)F)c1Cl. The Labute approximate surface area is 196 Å². The van der Waals surface area contributed by atoms with Crippen LogP contribution in [-0.2, 0) is 12.6 Å². The van der Waals surface area contributed by atoms with E-state index in [1.54, 1.807) is 41.5 Å². The number of carbonyl (C=O) groups excluding carboxylic acids is 1. The molecule has 0 saturated carbocycles. The number of benzene rings is 2. The number of nitrogens with zero attached hydrogens (tertiary/aromatic N) is 5. The molecule has 172 valence electrons. The molecule has 1 N–H and O–H groups in total. The van der Waals surface area contributed by atoms with Crippen molar-refractivity contribution >= 4 is 17.4 Å². The van der Waals surface area contributed by atoms with Crippen LogP contribution in [0.1, 0.15) is 44.5 Å². The Balaban J connectivity index is 1.50. The number of rotatable bonds is 4. The fraction of sp³-hybridized carbons (Fsp3) is 0.174. The van der Waals surface area contributed by atoms with E-state index in [9.17, 15) is 18.0 Å². The van der Waals surface area contributed by atoms with Crippen molar-refractivity contribution in [3.05, 3.63) is 99.7 Å². The van der Waals surface area contributed by atoms with Gasteiger partial charge in [-0.15, -0.1) is 5.10 Å². The first-order valence-corrected chi connectivity index (χ1v) is 10.7. The zero-order valence-electron chi connectivity index (χ0n) is 17.4. The second-order valence-corrected chi connectivity index (χ2v) is 8.03. The summed E-state index contributed by atoms with van der Waals surface area (Å²) < 4.78 is 41.4. The van der Waals surface area contributed by atoms with Crippen LogP contribution in [0.25, 0.3) is 5.82 Å². The molecule has 1 unspecified atom stereocenters. The lowest BCUT2D eigenvalue weighted by Gasteiger charge is -2.24. The predicted octanol–water partition coefficient (Wildman–Crippen LogP) is 4.20. The summed E-state index contributed by atoms with van der Waals surface area (Å²) in [6.07, 6.45) is 0.719. The zero-order chi connectivity index (χ0) is 23.9. The Morgan fingerprint density at radius 3 is 2.74 bits per heavy atom. The molecule has 5 rings (SSSR count). The summed E-state index contributed by atoms with van der Waals surface area (Å²) in [6, 6.07) is 9.62. The summed E-state index contributed by atoms with van der Waals surface area (Å²) in [6.45, 7) is 0.628. The van der Waals surface area contributed by atoms with Crippen LogP contribution < -0.4 is 5.32 Å². The molecule has 0 bridgehead atoms. The van der Waals surface area contributed by atoms with Crippen LogP contribution in [0.3, 0.4) is 0 Å². The Morgan fingerprint density at radius 1 is 1.15 bits per heavy atom. The van der Waals surface area contributed by atoms with Gasteiger partial charge in [-0.1, -0.05) is 41.1 Å². The first kappa shape index (κ1) is 22.2. The Hall–Kier alpha value is -3.63. The molecular weight excluding hydrogens is 469 g/mol. The lowest BCUT2D eigenvalue weighted by atomic mass is 9.94. The van der Waals surface area contributed by atoms with Crippen molar-refractivity contribution in [1.82, 2.24) is 30.3 Å². The van der Waals surface area contributed by atoms with Crippen LogP contribution in [0.2, 0.25) is 5.02 Å². The summed E-state index contributed by atoms with van der Waals surface area (Å²) >= 11 is 5.97. The largest absolute Gasteiger partial charge is 0.417 e. The van der Waals surface area contributed by atoms with E-state index in [4.69, 9.17) is 11.6 Å². The second kappa shape index (κ2) is 8.62. The number of halogens is 4. The van der Waals surface area contributed by atoms with Gasteiger partial charge in [0, 0.05) is 36.5 Å². The van der Waals surface area contributed by atoms with Gasteiger partial charge in [-0.3, -0.25) is 9.78 Å². The van der Waals surface area contributed by atoms with Gasteiger partial charge in [0.2, 0.25) is 0 Å². The van der Waals surface area contributed by atoms with Crippen molar-refractivity contribution in [2.45, 2.75) is 18.6 Å². The fourth-order valence-electron chi connectivity index (χ4n) is 4.00. The molecule has 34 heavy (non-hydrogen) atoms. The molecule has 1 atom stereocenters. The molecule has 4 aromatic rings. The minimum absolute atomic E-state index is 0.209. The van der Waals surface area contributed by atoms with E-state index in [2.05, 4.69) is 25.6 Å². The van der Waals surface area contributed by atoms with Gasteiger partial charge in [-0.25, -0.2) is 4.98 Å². The van der Waals surface area contributed by atoms with Crippen LogP contribution >= 0.6 is 11.6 Å². The molecular formula is C23H16ClF3N6O. The Kier molecular flexibility index (Phi) is 5.62. The van der Waals surface area contributed by atoms with Crippen LogP contribution in [0.5, 0.6) is 0 Å². The summed E-state index contributed by atoms with van der Waals surface area (Å²) in [5, 5.41) is 11.3. The van der Waals surface area contributed by atoms with Gasteiger partial charge in [0.25, 0.3) is 0 Å². The molecule has 0 aliphatic carbocycles. The van der Waals surface area contributed by atoms with Crippen LogP contribution in [0.4, 0.5) is 13.2 Å². The van der Waals surface area contributed by atoms with Crippen molar-refractivity contribution in [3.8, 4) is 5.82 Å². The molecule has 2 aromatic heterocycles. The zero-order valence-corrected chi connectivity index (χ0v) is 18.2. The third-order valence-electron chi connectivity index (χ3n) is 5.57. The average molecular weight is 485 g/mol. The summed E-state index contributed by atoms with van der Waals surface area (Å²) in [5.74, 6) is -0.0581. The van der Waals surface area contributed by atoms with E-state index in [1.807, 2.05) is 6.07 Å². The predicted molar refractivity (Wildman–Crippen MR) is 117 cm³/mol. The number of aromatic nitrogens is 5. The third kappa shape index (κ3) is 3.95.